The molecular weight excluding hydrogens is 240 g/mol. The summed E-state index contributed by atoms with van der Waals surface area (Å²) in [5, 5.41) is 0. The first-order chi connectivity index (χ1) is 9.34. The SMILES string of the molecule is Cc1cc2c(cc1C)C(C)(c1ccccc1)CC2(C)C. The van der Waals surface area contributed by atoms with Crippen LogP contribution in [-0.4, -0.2) is 0 Å². The molecule has 0 bridgehead atoms. The lowest BCUT2D eigenvalue weighted by Gasteiger charge is -2.28. The highest BCUT2D eigenvalue weighted by atomic mass is 14.5. The van der Waals surface area contributed by atoms with Crippen molar-refractivity contribution in [1.82, 2.24) is 0 Å². The third-order valence-corrected chi connectivity index (χ3v) is 5.16. The molecule has 0 heteroatoms. The second kappa shape index (κ2) is 4.22. The van der Waals surface area contributed by atoms with Crippen LogP contribution in [0.4, 0.5) is 0 Å². The van der Waals surface area contributed by atoms with E-state index < -0.39 is 0 Å². The highest BCUT2D eigenvalue weighted by molar-refractivity contribution is 5.54. The summed E-state index contributed by atoms with van der Waals surface area (Å²) in [6, 6.07) is 15.8. The van der Waals surface area contributed by atoms with E-state index in [2.05, 4.69) is 77.1 Å². The Morgan fingerprint density at radius 3 is 1.95 bits per heavy atom. The predicted octanol–water partition coefficient (Wildman–Crippen LogP) is 5.29. The number of fused-ring (bicyclic) bond motifs is 1. The average molecular weight is 264 g/mol. The van der Waals surface area contributed by atoms with E-state index in [9.17, 15) is 0 Å². The number of aryl methyl sites for hydroxylation is 2. The highest BCUT2D eigenvalue weighted by Gasteiger charge is 2.45. The van der Waals surface area contributed by atoms with E-state index in [1.807, 2.05) is 0 Å². The van der Waals surface area contributed by atoms with Crippen LogP contribution < -0.4 is 0 Å². The van der Waals surface area contributed by atoms with Crippen molar-refractivity contribution in [3.05, 3.63) is 70.3 Å². The molecular formula is C20H24. The maximum absolute atomic E-state index is 2.42. The molecule has 0 amide bonds. The van der Waals surface area contributed by atoms with Crippen LogP contribution in [-0.2, 0) is 10.8 Å². The molecule has 0 saturated heterocycles. The van der Waals surface area contributed by atoms with Gasteiger partial charge in [-0.3, -0.25) is 0 Å². The third-order valence-electron chi connectivity index (χ3n) is 5.16. The van der Waals surface area contributed by atoms with Gasteiger partial charge in [-0.15, -0.1) is 0 Å². The zero-order valence-electron chi connectivity index (χ0n) is 13.2. The fraction of sp³-hybridized carbons (Fsp3) is 0.400. The number of hydrogen-bond acceptors (Lipinski definition) is 0. The standard InChI is InChI=1S/C20H24/c1-14-11-17-18(12-15(14)2)20(5,13-19(17,3)4)16-9-7-6-8-10-16/h6-12H,13H2,1-5H3. The van der Waals surface area contributed by atoms with Gasteiger partial charge >= 0.3 is 0 Å². The Hall–Kier alpha value is -1.56. The Balaban J connectivity index is 2.27. The van der Waals surface area contributed by atoms with Crippen LogP contribution in [0.3, 0.4) is 0 Å². The second-order valence-electron chi connectivity index (χ2n) is 7.24. The van der Waals surface area contributed by atoms with Gasteiger partial charge in [0.15, 0.2) is 0 Å². The van der Waals surface area contributed by atoms with Crippen LogP contribution >= 0.6 is 0 Å². The van der Waals surface area contributed by atoms with Gasteiger partial charge < -0.3 is 0 Å². The summed E-state index contributed by atoms with van der Waals surface area (Å²) in [4.78, 5) is 0. The highest BCUT2D eigenvalue weighted by Crippen LogP contribution is 2.53. The molecule has 1 aliphatic carbocycles. The second-order valence-corrected chi connectivity index (χ2v) is 7.24. The smallest absolute Gasteiger partial charge is 0.0186 e. The first-order valence-corrected chi connectivity index (χ1v) is 7.52. The lowest BCUT2D eigenvalue weighted by atomic mass is 9.75. The summed E-state index contributed by atoms with van der Waals surface area (Å²) in [7, 11) is 0. The molecule has 104 valence electrons. The zero-order chi connectivity index (χ0) is 14.5. The Morgan fingerprint density at radius 2 is 1.35 bits per heavy atom. The van der Waals surface area contributed by atoms with Gasteiger partial charge in [0.05, 0.1) is 0 Å². The van der Waals surface area contributed by atoms with E-state index in [4.69, 9.17) is 0 Å². The van der Waals surface area contributed by atoms with Crippen LogP contribution in [0.5, 0.6) is 0 Å². The molecule has 0 nitrogen and oxygen atoms in total. The monoisotopic (exact) mass is 264 g/mol. The quantitative estimate of drug-likeness (QED) is 0.656. The van der Waals surface area contributed by atoms with E-state index in [-0.39, 0.29) is 10.8 Å². The van der Waals surface area contributed by atoms with Crippen LogP contribution in [0, 0.1) is 13.8 Å². The normalized spacial score (nSPS) is 23.6. The number of benzene rings is 2. The molecule has 0 N–H and O–H groups in total. The van der Waals surface area contributed by atoms with Gasteiger partial charge in [0.1, 0.15) is 0 Å². The maximum Gasteiger partial charge on any atom is 0.0186 e. The minimum Gasteiger partial charge on any atom is -0.0622 e. The first-order valence-electron chi connectivity index (χ1n) is 7.52. The Morgan fingerprint density at radius 1 is 0.800 bits per heavy atom. The van der Waals surface area contributed by atoms with Crippen LogP contribution in [0.2, 0.25) is 0 Å². The molecule has 1 unspecified atom stereocenters. The van der Waals surface area contributed by atoms with E-state index in [1.165, 1.54) is 34.2 Å². The van der Waals surface area contributed by atoms with Gasteiger partial charge in [-0.2, -0.15) is 0 Å². The van der Waals surface area contributed by atoms with Crippen molar-refractivity contribution in [3.63, 3.8) is 0 Å². The molecule has 0 aromatic heterocycles. The van der Waals surface area contributed by atoms with Gasteiger partial charge in [-0.25, -0.2) is 0 Å². The summed E-state index contributed by atoms with van der Waals surface area (Å²) in [6.45, 7) is 11.6. The van der Waals surface area contributed by atoms with E-state index in [0.717, 1.165) is 0 Å². The lowest BCUT2D eigenvalue weighted by molar-refractivity contribution is 0.425. The van der Waals surface area contributed by atoms with Crippen molar-refractivity contribution in [1.29, 1.82) is 0 Å². The molecule has 0 radical (unpaired) electrons. The van der Waals surface area contributed by atoms with Crippen molar-refractivity contribution >= 4 is 0 Å². The van der Waals surface area contributed by atoms with Crippen LogP contribution in [0.1, 0.15) is 55.0 Å². The lowest BCUT2D eigenvalue weighted by Crippen LogP contribution is -2.23. The molecule has 1 atom stereocenters. The van der Waals surface area contributed by atoms with Crippen molar-refractivity contribution in [2.45, 2.75) is 51.9 Å². The largest absolute Gasteiger partial charge is 0.0622 e. The van der Waals surface area contributed by atoms with Crippen LogP contribution in [0.15, 0.2) is 42.5 Å². The molecule has 3 rings (SSSR count). The average Bonchev–Trinajstić information content (AvgIpc) is 2.60. The predicted molar refractivity (Wildman–Crippen MR) is 86.5 cm³/mol. The fourth-order valence-electron chi connectivity index (χ4n) is 3.97. The van der Waals surface area contributed by atoms with Gasteiger partial charge in [0.2, 0.25) is 0 Å². The third kappa shape index (κ3) is 1.82. The molecule has 0 fully saturated rings. The first kappa shape index (κ1) is 13.4. The summed E-state index contributed by atoms with van der Waals surface area (Å²) in [5.74, 6) is 0. The number of rotatable bonds is 1. The van der Waals surface area contributed by atoms with Crippen LogP contribution in [0.25, 0.3) is 0 Å². The summed E-state index contributed by atoms with van der Waals surface area (Å²) in [6.07, 6.45) is 1.18. The molecule has 20 heavy (non-hydrogen) atoms. The zero-order valence-corrected chi connectivity index (χ0v) is 13.2. The van der Waals surface area contributed by atoms with Crippen molar-refractivity contribution < 1.29 is 0 Å². The summed E-state index contributed by atoms with van der Waals surface area (Å²) in [5.41, 5.74) is 7.70. The number of hydrogen-bond donors (Lipinski definition) is 0. The van der Waals surface area contributed by atoms with Crippen molar-refractivity contribution in [3.8, 4) is 0 Å². The molecule has 0 heterocycles. The molecule has 0 spiro atoms. The van der Waals surface area contributed by atoms with Gasteiger partial charge in [0.25, 0.3) is 0 Å². The minimum absolute atomic E-state index is 0.137. The fourth-order valence-corrected chi connectivity index (χ4v) is 3.97. The summed E-state index contributed by atoms with van der Waals surface area (Å²) >= 11 is 0. The molecule has 2 aromatic carbocycles. The van der Waals surface area contributed by atoms with Crippen molar-refractivity contribution in [2.24, 2.45) is 0 Å². The Bertz CT molecular complexity index is 649. The van der Waals surface area contributed by atoms with Gasteiger partial charge in [-0.05, 0) is 53.5 Å². The van der Waals surface area contributed by atoms with E-state index >= 15 is 0 Å². The van der Waals surface area contributed by atoms with E-state index in [0.29, 0.717) is 0 Å². The molecule has 1 aliphatic rings. The maximum atomic E-state index is 2.42. The molecule has 0 aliphatic heterocycles. The topological polar surface area (TPSA) is 0 Å². The molecule has 2 aromatic rings. The van der Waals surface area contributed by atoms with Gasteiger partial charge in [-0.1, -0.05) is 63.2 Å². The summed E-state index contributed by atoms with van der Waals surface area (Å²) < 4.78 is 0. The Kier molecular flexibility index (Phi) is 2.83. The Labute approximate surface area is 122 Å². The van der Waals surface area contributed by atoms with E-state index in [1.54, 1.807) is 0 Å². The molecule has 0 saturated carbocycles. The van der Waals surface area contributed by atoms with Crippen molar-refractivity contribution in [2.75, 3.05) is 0 Å². The van der Waals surface area contributed by atoms with Gasteiger partial charge in [0, 0.05) is 5.41 Å². The minimum atomic E-state index is 0.137.